The van der Waals surface area contributed by atoms with Gasteiger partial charge in [-0.05, 0) is 83.8 Å². The molecule has 0 atom stereocenters. The van der Waals surface area contributed by atoms with Crippen molar-refractivity contribution in [3.05, 3.63) is 0 Å². The van der Waals surface area contributed by atoms with Crippen LogP contribution in [0.4, 0.5) is 0 Å². The number of nitrogens with zero attached hydrogens (tertiary/aromatic N) is 2. The summed E-state index contributed by atoms with van der Waals surface area (Å²) in [6.45, 7) is 10.8. The predicted octanol–water partition coefficient (Wildman–Crippen LogP) is 12.7. The third-order valence-electron chi connectivity index (χ3n) is 11.6. The fourth-order valence-electron chi connectivity index (χ4n) is 7.70. The number of carbonyl (C=O) groups is 4. The fourth-order valence-corrected chi connectivity index (χ4v) is 7.70. The van der Waals surface area contributed by atoms with Gasteiger partial charge in [0.05, 0.1) is 6.61 Å². The molecule has 1 amide bonds. The zero-order chi connectivity index (χ0) is 43.3. The zero-order valence-corrected chi connectivity index (χ0v) is 39.4. The largest absolute Gasteiger partial charge is 0.466 e. The van der Waals surface area contributed by atoms with Crippen LogP contribution in [0, 0.1) is 0 Å². The Morgan fingerprint density at radius 2 is 0.915 bits per heavy atom. The van der Waals surface area contributed by atoms with Gasteiger partial charge in [0.25, 0.3) is 0 Å². The lowest BCUT2D eigenvalue weighted by molar-refractivity contribution is -0.150. The highest BCUT2D eigenvalue weighted by atomic mass is 16.5. The van der Waals surface area contributed by atoms with Crippen molar-refractivity contribution in [3.8, 4) is 0 Å². The minimum atomic E-state index is -0.102. The predicted molar refractivity (Wildman–Crippen MR) is 246 cm³/mol. The normalized spacial score (nSPS) is 11.4. The number of unbranched alkanes of at least 4 members (excludes halogenated alkanes) is 24. The molecular formula is C50H96N2O7. The van der Waals surface area contributed by atoms with Crippen LogP contribution >= 0.6 is 0 Å². The number of amides is 1. The van der Waals surface area contributed by atoms with Crippen LogP contribution in [0.3, 0.4) is 0 Å². The molecule has 0 N–H and O–H groups in total. The van der Waals surface area contributed by atoms with Gasteiger partial charge in [0.1, 0.15) is 25.6 Å². The van der Waals surface area contributed by atoms with Crippen molar-refractivity contribution in [2.24, 2.45) is 0 Å². The molecule has 0 saturated heterocycles. The summed E-state index contributed by atoms with van der Waals surface area (Å²) in [5.74, 6) is -0.155. The molecule has 0 rings (SSSR count). The first-order chi connectivity index (χ1) is 28.9. The van der Waals surface area contributed by atoms with Crippen molar-refractivity contribution < 1.29 is 33.4 Å². The molecule has 348 valence electrons. The third-order valence-corrected chi connectivity index (χ3v) is 11.6. The third kappa shape index (κ3) is 41.1. The van der Waals surface area contributed by atoms with E-state index in [0.29, 0.717) is 32.3 Å². The van der Waals surface area contributed by atoms with Crippen LogP contribution < -0.4 is 0 Å². The van der Waals surface area contributed by atoms with Crippen molar-refractivity contribution in [3.63, 3.8) is 0 Å². The maximum absolute atomic E-state index is 12.8. The highest BCUT2D eigenvalue weighted by Gasteiger charge is 2.15. The molecule has 0 radical (unpaired) electrons. The standard InChI is InChI=1S/C50H96N2O7/c1-5-8-11-14-17-26-33-44-58-49(55)37-29-22-18-24-31-40-52(42-34-39-51(4)48(54)46-57-45-43-53)41-32-25-19-23-30-38-50(56)59-47(35-27-20-15-12-9-6-2)36-28-21-16-13-10-7-3/h43,47H,5-42,44-46H2,1-4H3. The minimum absolute atomic E-state index is 0.00405. The van der Waals surface area contributed by atoms with Gasteiger partial charge >= 0.3 is 11.9 Å². The number of hydrogen-bond acceptors (Lipinski definition) is 8. The van der Waals surface area contributed by atoms with E-state index >= 15 is 0 Å². The van der Waals surface area contributed by atoms with Gasteiger partial charge in [0.2, 0.25) is 5.91 Å². The van der Waals surface area contributed by atoms with Crippen LogP contribution in [0.2, 0.25) is 0 Å². The van der Waals surface area contributed by atoms with Crippen LogP contribution in [0.15, 0.2) is 0 Å². The summed E-state index contributed by atoms with van der Waals surface area (Å²) in [6.07, 6.45) is 39.2. The average Bonchev–Trinajstić information content (AvgIpc) is 3.23. The highest BCUT2D eigenvalue weighted by Crippen LogP contribution is 2.19. The zero-order valence-electron chi connectivity index (χ0n) is 39.4. The topological polar surface area (TPSA) is 102 Å². The summed E-state index contributed by atoms with van der Waals surface area (Å²) in [5, 5.41) is 0. The van der Waals surface area contributed by atoms with Crippen molar-refractivity contribution in [2.75, 3.05) is 53.0 Å². The van der Waals surface area contributed by atoms with Crippen LogP contribution in [0.5, 0.6) is 0 Å². The van der Waals surface area contributed by atoms with Crippen LogP contribution in [0.25, 0.3) is 0 Å². The second kappa shape index (κ2) is 45.5. The Labute approximate surface area is 364 Å². The summed E-state index contributed by atoms with van der Waals surface area (Å²) < 4.78 is 16.6. The Kier molecular flexibility index (Phi) is 44.0. The molecule has 9 nitrogen and oxygen atoms in total. The lowest BCUT2D eigenvalue weighted by atomic mass is 10.0. The van der Waals surface area contributed by atoms with Gasteiger partial charge in [-0.1, -0.05) is 162 Å². The van der Waals surface area contributed by atoms with Gasteiger partial charge < -0.3 is 28.8 Å². The summed E-state index contributed by atoms with van der Waals surface area (Å²) in [7, 11) is 1.80. The molecule has 0 heterocycles. The molecule has 0 spiro atoms. The second-order valence-electron chi connectivity index (χ2n) is 17.3. The monoisotopic (exact) mass is 837 g/mol. The van der Waals surface area contributed by atoms with Gasteiger partial charge in [0.15, 0.2) is 0 Å². The van der Waals surface area contributed by atoms with Crippen LogP contribution in [-0.4, -0.2) is 93.1 Å². The highest BCUT2D eigenvalue weighted by molar-refractivity contribution is 5.77. The SMILES string of the molecule is CCCCCCCCCOC(=O)CCCCCCCN(CCCCCCCC(=O)OC(CCCCCCCC)CCCCCCCC)CCCN(C)C(=O)COCC=O. The Balaban J connectivity index is 4.51. The quantitative estimate of drug-likeness (QED) is 0.0339. The number of rotatable bonds is 47. The molecule has 0 aliphatic rings. The molecule has 0 aromatic carbocycles. The van der Waals surface area contributed by atoms with Gasteiger partial charge in [-0.15, -0.1) is 0 Å². The molecule has 59 heavy (non-hydrogen) atoms. The van der Waals surface area contributed by atoms with E-state index in [1.165, 1.54) is 96.3 Å². The smallest absolute Gasteiger partial charge is 0.306 e. The lowest BCUT2D eigenvalue weighted by Gasteiger charge is -2.24. The van der Waals surface area contributed by atoms with Crippen LogP contribution in [-0.2, 0) is 33.4 Å². The average molecular weight is 837 g/mol. The van der Waals surface area contributed by atoms with E-state index in [9.17, 15) is 19.2 Å². The van der Waals surface area contributed by atoms with Gasteiger partial charge in [-0.3, -0.25) is 14.4 Å². The first kappa shape index (κ1) is 57.0. The molecule has 0 unspecified atom stereocenters. The van der Waals surface area contributed by atoms with E-state index in [0.717, 1.165) is 129 Å². The number of carbonyl (C=O) groups excluding carboxylic acids is 4. The molecule has 0 aliphatic carbocycles. The molecule has 0 bridgehead atoms. The lowest BCUT2D eigenvalue weighted by Crippen LogP contribution is -2.34. The van der Waals surface area contributed by atoms with Crippen molar-refractivity contribution >= 4 is 24.1 Å². The molecule has 9 heteroatoms. The van der Waals surface area contributed by atoms with Crippen molar-refractivity contribution in [1.82, 2.24) is 9.80 Å². The summed E-state index contributed by atoms with van der Waals surface area (Å²) in [5.41, 5.74) is 0. The summed E-state index contributed by atoms with van der Waals surface area (Å²) >= 11 is 0. The molecular weight excluding hydrogens is 741 g/mol. The molecule has 0 aromatic rings. The minimum Gasteiger partial charge on any atom is -0.466 e. The Morgan fingerprint density at radius 1 is 0.492 bits per heavy atom. The van der Waals surface area contributed by atoms with Gasteiger partial charge in [-0.25, -0.2) is 0 Å². The Bertz CT molecular complexity index is 932. The first-order valence-corrected chi connectivity index (χ1v) is 25.2. The van der Waals surface area contributed by atoms with Crippen molar-refractivity contribution in [2.45, 2.75) is 245 Å². The summed E-state index contributed by atoms with van der Waals surface area (Å²) in [6, 6.07) is 0. The number of ether oxygens (including phenoxy) is 3. The molecule has 0 fully saturated rings. The van der Waals surface area contributed by atoms with Crippen LogP contribution in [0.1, 0.15) is 239 Å². The van der Waals surface area contributed by atoms with E-state index in [1.807, 2.05) is 0 Å². The number of likely N-dealkylation sites (N-methyl/N-ethyl adjacent to an activating group) is 1. The first-order valence-electron chi connectivity index (χ1n) is 25.2. The fraction of sp³-hybridized carbons (Fsp3) is 0.920. The van der Waals surface area contributed by atoms with Crippen molar-refractivity contribution in [1.29, 1.82) is 0 Å². The number of esters is 2. The van der Waals surface area contributed by atoms with E-state index in [2.05, 4.69) is 25.7 Å². The number of hydrogen-bond donors (Lipinski definition) is 0. The maximum atomic E-state index is 12.8. The Morgan fingerprint density at radius 3 is 1.42 bits per heavy atom. The number of aldehydes is 1. The van der Waals surface area contributed by atoms with E-state index < -0.39 is 0 Å². The molecule has 0 aromatic heterocycles. The van der Waals surface area contributed by atoms with E-state index in [1.54, 1.807) is 11.9 Å². The molecule has 0 aliphatic heterocycles. The van der Waals surface area contributed by atoms with E-state index in [-0.39, 0.29) is 37.2 Å². The summed E-state index contributed by atoms with van der Waals surface area (Å²) in [4.78, 5) is 52.0. The maximum Gasteiger partial charge on any atom is 0.306 e. The van der Waals surface area contributed by atoms with Gasteiger partial charge in [-0.2, -0.15) is 0 Å². The Hall–Kier alpha value is -2.00. The van der Waals surface area contributed by atoms with Gasteiger partial charge in [0, 0.05) is 26.4 Å². The van der Waals surface area contributed by atoms with E-state index in [4.69, 9.17) is 14.2 Å². The molecule has 0 saturated carbocycles. The second-order valence-corrected chi connectivity index (χ2v) is 17.3.